The molecule has 0 aromatic heterocycles. The summed E-state index contributed by atoms with van der Waals surface area (Å²) in [6, 6.07) is 7.13. The van der Waals surface area contributed by atoms with Crippen LogP contribution < -0.4 is 5.32 Å². The van der Waals surface area contributed by atoms with E-state index in [-0.39, 0.29) is 5.75 Å². The molecule has 0 radical (unpaired) electrons. The third-order valence-corrected chi connectivity index (χ3v) is 5.71. The maximum atomic E-state index is 11.9. The fraction of sp³-hybridized carbons (Fsp3) is 0.600. The summed E-state index contributed by atoms with van der Waals surface area (Å²) in [6.07, 6.45) is 1.88. The molecule has 1 fully saturated rings. The lowest BCUT2D eigenvalue weighted by atomic mass is 10.1. The van der Waals surface area contributed by atoms with Gasteiger partial charge in [0.15, 0.2) is 9.84 Å². The van der Waals surface area contributed by atoms with Crippen LogP contribution >= 0.6 is 0 Å². The predicted molar refractivity (Wildman–Crippen MR) is 82.9 cm³/mol. The highest BCUT2D eigenvalue weighted by Crippen LogP contribution is 2.18. The summed E-state index contributed by atoms with van der Waals surface area (Å²) in [5, 5.41) is 3.40. The van der Waals surface area contributed by atoms with Crippen LogP contribution in [-0.4, -0.2) is 45.8 Å². The van der Waals surface area contributed by atoms with Crippen LogP contribution in [0.25, 0.3) is 0 Å². The van der Waals surface area contributed by atoms with Gasteiger partial charge >= 0.3 is 0 Å². The van der Waals surface area contributed by atoms with Gasteiger partial charge in [-0.15, -0.1) is 0 Å². The second-order valence-corrected chi connectivity index (χ2v) is 7.75. The second kappa shape index (κ2) is 6.59. The standard InChI is InChI=1S/C15H24N2O2S/c1-3-10-20(18,19)15-6-4-14(5-7-15)16-11-13-8-9-17(2)12-13/h4-7,13,16H,3,8-12H2,1-2H3. The number of nitrogens with one attached hydrogen (secondary N) is 1. The molecule has 1 unspecified atom stereocenters. The van der Waals surface area contributed by atoms with Crippen LogP contribution in [0, 0.1) is 5.92 Å². The third-order valence-electron chi connectivity index (χ3n) is 3.77. The van der Waals surface area contributed by atoms with Crippen LogP contribution in [0.1, 0.15) is 19.8 Å². The molecule has 1 aromatic rings. The Morgan fingerprint density at radius 1 is 1.30 bits per heavy atom. The van der Waals surface area contributed by atoms with Crippen molar-refractivity contribution in [1.29, 1.82) is 0 Å². The summed E-state index contributed by atoms with van der Waals surface area (Å²) in [5.74, 6) is 0.900. The molecule has 2 rings (SSSR count). The largest absolute Gasteiger partial charge is 0.385 e. The zero-order valence-electron chi connectivity index (χ0n) is 12.3. The van der Waals surface area contributed by atoms with Crippen molar-refractivity contribution >= 4 is 15.5 Å². The van der Waals surface area contributed by atoms with Crippen molar-refractivity contribution in [2.24, 2.45) is 5.92 Å². The van der Waals surface area contributed by atoms with Crippen molar-refractivity contribution in [2.75, 3.05) is 37.8 Å². The minimum absolute atomic E-state index is 0.216. The second-order valence-electron chi connectivity index (χ2n) is 5.64. The van der Waals surface area contributed by atoms with E-state index in [1.807, 2.05) is 19.1 Å². The van der Waals surface area contributed by atoms with Crippen molar-refractivity contribution < 1.29 is 8.42 Å². The molecule has 5 heteroatoms. The molecule has 20 heavy (non-hydrogen) atoms. The summed E-state index contributed by atoms with van der Waals surface area (Å²) < 4.78 is 23.8. The van der Waals surface area contributed by atoms with Crippen LogP contribution in [-0.2, 0) is 9.84 Å². The summed E-state index contributed by atoms with van der Waals surface area (Å²) in [6.45, 7) is 5.13. The quantitative estimate of drug-likeness (QED) is 0.874. The predicted octanol–water partition coefficient (Wildman–Crippen LogP) is 2.23. The number of nitrogens with zero attached hydrogens (tertiary/aromatic N) is 1. The Morgan fingerprint density at radius 3 is 2.55 bits per heavy atom. The highest BCUT2D eigenvalue weighted by molar-refractivity contribution is 7.91. The first-order valence-corrected chi connectivity index (χ1v) is 8.91. The van der Waals surface area contributed by atoms with Gasteiger partial charge in [0.25, 0.3) is 0 Å². The molecule has 1 saturated heterocycles. The van der Waals surface area contributed by atoms with Gasteiger partial charge in [-0.1, -0.05) is 6.92 Å². The lowest BCUT2D eigenvalue weighted by Gasteiger charge is -2.13. The number of hydrogen-bond acceptors (Lipinski definition) is 4. The van der Waals surface area contributed by atoms with Gasteiger partial charge in [0.1, 0.15) is 0 Å². The molecule has 0 saturated carbocycles. The van der Waals surface area contributed by atoms with Crippen molar-refractivity contribution in [3.8, 4) is 0 Å². The molecular weight excluding hydrogens is 272 g/mol. The first-order chi connectivity index (χ1) is 9.51. The van der Waals surface area contributed by atoms with Crippen LogP contribution in [0.4, 0.5) is 5.69 Å². The van der Waals surface area contributed by atoms with Crippen LogP contribution in [0.5, 0.6) is 0 Å². The number of hydrogen-bond donors (Lipinski definition) is 1. The van der Waals surface area contributed by atoms with Crippen molar-refractivity contribution in [1.82, 2.24) is 4.90 Å². The molecule has 4 nitrogen and oxygen atoms in total. The van der Waals surface area contributed by atoms with E-state index in [2.05, 4.69) is 17.3 Å². The summed E-state index contributed by atoms with van der Waals surface area (Å²) in [4.78, 5) is 2.76. The average molecular weight is 296 g/mol. The van der Waals surface area contributed by atoms with E-state index >= 15 is 0 Å². The molecule has 0 bridgehead atoms. The maximum absolute atomic E-state index is 11.9. The molecule has 0 amide bonds. The summed E-state index contributed by atoms with van der Waals surface area (Å²) in [7, 11) is -0.953. The molecule has 1 heterocycles. The summed E-state index contributed by atoms with van der Waals surface area (Å²) in [5.41, 5.74) is 0.995. The van der Waals surface area contributed by atoms with Gasteiger partial charge in [-0.2, -0.15) is 0 Å². The molecule has 1 atom stereocenters. The number of benzene rings is 1. The Bertz CT molecular complexity index is 525. The van der Waals surface area contributed by atoms with E-state index < -0.39 is 9.84 Å². The Kier molecular flexibility index (Phi) is 5.05. The molecule has 1 aromatic carbocycles. The highest BCUT2D eigenvalue weighted by atomic mass is 32.2. The monoisotopic (exact) mass is 296 g/mol. The highest BCUT2D eigenvalue weighted by Gasteiger charge is 2.19. The fourth-order valence-corrected chi connectivity index (χ4v) is 3.95. The Morgan fingerprint density at radius 2 is 2.00 bits per heavy atom. The van der Waals surface area contributed by atoms with Crippen molar-refractivity contribution in [3.63, 3.8) is 0 Å². The topological polar surface area (TPSA) is 49.4 Å². The minimum Gasteiger partial charge on any atom is -0.385 e. The molecule has 1 N–H and O–H groups in total. The van der Waals surface area contributed by atoms with E-state index in [1.165, 1.54) is 13.0 Å². The van der Waals surface area contributed by atoms with E-state index in [0.717, 1.165) is 18.8 Å². The lowest BCUT2D eigenvalue weighted by Crippen LogP contribution is -2.19. The molecule has 112 valence electrons. The van der Waals surface area contributed by atoms with Gasteiger partial charge in [-0.25, -0.2) is 8.42 Å². The van der Waals surface area contributed by atoms with Gasteiger partial charge in [-0.3, -0.25) is 0 Å². The Hall–Kier alpha value is -1.07. The Labute approximate surface area is 122 Å². The zero-order chi connectivity index (χ0) is 14.6. The van der Waals surface area contributed by atoms with Gasteiger partial charge in [0.05, 0.1) is 10.6 Å². The average Bonchev–Trinajstić information content (AvgIpc) is 2.83. The fourth-order valence-electron chi connectivity index (χ4n) is 2.62. The minimum atomic E-state index is -3.10. The van der Waals surface area contributed by atoms with Gasteiger partial charge in [0.2, 0.25) is 0 Å². The molecule has 0 spiro atoms. The SMILES string of the molecule is CCCS(=O)(=O)c1ccc(NCC2CCN(C)C2)cc1. The van der Waals surface area contributed by atoms with Gasteiger partial charge < -0.3 is 10.2 Å². The van der Waals surface area contributed by atoms with Crippen LogP contribution in [0.15, 0.2) is 29.2 Å². The Balaban J connectivity index is 1.92. The number of rotatable bonds is 6. The van der Waals surface area contributed by atoms with Crippen molar-refractivity contribution in [3.05, 3.63) is 24.3 Å². The van der Waals surface area contributed by atoms with Crippen LogP contribution in [0.2, 0.25) is 0 Å². The molecule has 0 aliphatic carbocycles. The zero-order valence-corrected chi connectivity index (χ0v) is 13.1. The van der Waals surface area contributed by atoms with Gasteiger partial charge in [0, 0.05) is 18.8 Å². The van der Waals surface area contributed by atoms with Crippen LogP contribution in [0.3, 0.4) is 0 Å². The van der Waals surface area contributed by atoms with Gasteiger partial charge in [-0.05, 0) is 56.6 Å². The smallest absolute Gasteiger partial charge is 0.178 e. The third kappa shape index (κ3) is 3.96. The molecule has 1 aliphatic rings. The maximum Gasteiger partial charge on any atom is 0.178 e. The van der Waals surface area contributed by atoms with Crippen molar-refractivity contribution in [2.45, 2.75) is 24.7 Å². The van der Waals surface area contributed by atoms with E-state index in [1.54, 1.807) is 12.1 Å². The molecule has 1 aliphatic heterocycles. The van der Waals surface area contributed by atoms with E-state index in [0.29, 0.717) is 17.2 Å². The normalized spacial score (nSPS) is 20.2. The first kappa shape index (κ1) is 15.3. The molecular formula is C15H24N2O2S. The lowest BCUT2D eigenvalue weighted by molar-refractivity contribution is 0.399. The number of sulfone groups is 1. The number of anilines is 1. The first-order valence-electron chi connectivity index (χ1n) is 7.26. The van der Waals surface area contributed by atoms with E-state index in [4.69, 9.17) is 0 Å². The number of likely N-dealkylation sites (tertiary alicyclic amines) is 1. The van der Waals surface area contributed by atoms with E-state index in [9.17, 15) is 8.42 Å². The summed E-state index contributed by atoms with van der Waals surface area (Å²) >= 11 is 0.